The van der Waals surface area contributed by atoms with Gasteiger partial charge < -0.3 is 4.40 Å². The van der Waals surface area contributed by atoms with Crippen molar-refractivity contribution in [3.8, 4) is 0 Å². The van der Waals surface area contributed by atoms with Gasteiger partial charge in [-0.05, 0) is 41.8 Å². The fourth-order valence-electron chi connectivity index (χ4n) is 6.08. The molecule has 5 aromatic carbocycles. The summed E-state index contributed by atoms with van der Waals surface area (Å²) in [6.07, 6.45) is 2.32. The number of nitrogens with zero attached hydrogens (tertiary/aromatic N) is 1. The third kappa shape index (κ3) is 2.28. The van der Waals surface area contributed by atoms with Crippen LogP contribution in [0.1, 0.15) is 0 Å². The Morgan fingerprint density at radius 2 is 1.17 bits per heavy atom. The average molecular weight is 480 g/mol. The molecule has 9 rings (SSSR count). The lowest BCUT2D eigenvalue weighted by atomic mass is 9.98. The molecule has 0 spiro atoms. The Bertz CT molecular complexity index is 2330. The number of benzene rings is 5. The van der Waals surface area contributed by atoms with E-state index in [0.29, 0.717) is 0 Å². The van der Waals surface area contributed by atoms with Gasteiger partial charge in [0.05, 0.1) is 11.0 Å². The molecule has 0 fully saturated rings. The summed E-state index contributed by atoms with van der Waals surface area (Å²) < 4.78 is 7.85. The molecule has 0 N–H and O–H groups in total. The minimum atomic E-state index is 1.28. The summed E-state index contributed by atoms with van der Waals surface area (Å²) >= 11 is 3.80. The molecular formula is C32H17NS2. The van der Waals surface area contributed by atoms with Crippen molar-refractivity contribution in [3.05, 3.63) is 103 Å². The zero-order valence-electron chi connectivity index (χ0n) is 18.6. The second-order valence-electron chi connectivity index (χ2n) is 9.36. The van der Waals surface area contributed by atoms with E-state index < -0.39 is 0 Å². The summed E-state index contributed by atoms with van der Waals surface area (Å²) in [7, 11) is 0. The summed E-state index contributed by atoms with van der Waals surface area (Å²) in [5.74, 6) is 0. The van der Waals surface area contributed by atoms with E-state index in [9.17, 15) is 0 Å². The van der Waals surface area contributed by atoms with Gasteiger partial charge in [0.2, 0.25) is 0 Å². The molecule has 1 nitrogen and oxygen atoms in total. The van der Waals surface area contributed by atoms with Crippen molar-refractivity contribution in [1.82, 2.24) is 4.40 Å². The number of hydrogen-bond donors (Lipinski definition) is 0. The Labute approximate surface area is 208 Å². The van der Waals surface area contributed by atoms with Gasteiger partial charge in [-0.1, -0.05) is 60.7 Å². The van der Waals surface area contributed by atoms with Crippen LogP contribution in [0.5, 0.6) is 0 Å². The molecule has 0 unspecified atom stereocenters. The van der Waals surface area contributed by atoms with Crippen molar-refractivity contribution < 1.29 is 0 Å². The number of hydrogen-bond acceptors (Lipinski definition) is 2. The number of aromatic nitrogens is 1. The van der Waals surface area contributed by atoms with Crippen LogP contribution in [0.3, 0.4) is 0 Å². The number of thiophene rings is 2. The first-order valence-electron chi connectivity index (χ1n) is 11.9. The standard InChI is InChI=1S/C32H17NS2/c1-2-8-19-18(7-1)17-33-25-13-14-28-31(21-10-4-6-12-27(21)34-28)30(25)23-16-29-22(15-24(23)32(19)33)20-9-3-5-11-26(20)35-29/h1-17H. The average Bonchev–Trinajstić information content (AvgIpc) is 3.58. The molecule has 0 aliphatic carbocycles. The molecule has 0 radical (unpaired) electrons. The van der Waals surface area contributed by atoms with Gasteiger partial charge in [0, 0.05) is 68.1 Å². The van der Waals surface area contributed by atoms with E-state index in [1.165, 1.54) is 78.3 Å². The Morgan fingerprint density at radius 3 is 2.06 bits per heavy atom. The molecule has 4 aromatic heterocycles. The van der Waals surface area contributed by atoms with Crippen LogP contribution in [0.2, 0.25) is 0 Å². The Hall–Kier alpha value is -3.92. The highest BCUT2D eigenvalue weighted by Gasteiger charge is 2.18. The lowest BCUT2D eigenvalue weighted by molar-refractivity contribution is 1.30. The van der Waals surface area contributed by atoms with Crippen LogP contribution in [0.15, 0.2) is 103 Å². The van der Waals surface area contributed by atoms with Gasteiger partial charge in [0.15, 0.2) is 0 Å². The normalized spacial score (nSPS) is 12.6. The van der Waals surface area contributed by atoms with Crippen molar-refractivity contribution in [2.24, 2.45) is 0 Å². The maximum absolute atomic E-state index is 2.46. The summed E-state index contributed by atoms with van der Waals surface area (Å²) in [5.41, 5.74) is 2.58. The zero-order valence-corrected chi connectivity index (χ0v) is 20.2. The van der Waals surface area contributed by atoms with Crippen LogP contribution in [-0.4, -0.2) is 4.40 Å². The maximum atomic E-state index is 2.46. The molecule has 4 heterocycles. The maximum Gasteiger partial charge on any atom is 0.0613 e. The number of rotatable bonds is 0. The molecule has 0 saturated carbocycles. The van der Waals surface area contributed by atoms with Crippen molar-refractivity contribution >= 4 is 101 Å². The fourth-order valence-corrected chi connectivity index (χ4v) is 8.32. The smallest absolute Gasteiger partial charge is 0.0613 e. The lowest BCUT2D eigenvalue weighted by Gasteiger charge is -2.12. The van der Waals surface area contributed by atoms with Crippen molar-refractivity contribution in [1.29, 1.82) is 0 Å². The highest BCUT2D eigenvalue weighted by Crippen LogP contribution is 2.46. The third-order valence-corrected chi connectivity index (χ3v) is 9.82. The SMILES string of the molecule is c1ccc2c(c1)cn1c3ccc4sc5ccccc5c4c3c3cc4sc5ccccc5c4cc3c21. The Morgan fingerprint density at radius 1 is 0.457 bits per heavy atom. The molecule has 0 saturated heterocycles. The first-order chi connectivity index (χ1) is 17.3. The van der Waals surface area contributed by atoms with Crippen LogP contribution in [0.25, 0.3) is 78.3 Å². The summed E-state index contributed by atoms with van der Waals surface area (Å²) in [6.45, 7) is 0. The third-order valence-electron chi connectivity index (χ3n) is 7.55. The van der Waals surface area contributed by atoms with E-state index in [-0.39, 0.29) is 0 Å². The second kappa shape index (κ2) is 6.39. The molecule has 35 heavy (non-hydrogen) atoms. The number of fused-ring (bicyclic) bond motifs is 15. The molecular weight excluding hydrogens is 462 g/mol. The van der Waals surface area contributed by atoms with Gasteiger partial charge in [-0.25, -0.2) is 0 Å². The quantitative estimate of drug-likeness (QED) is 0.191. The minimum absolute atomic E-state index is 1.28. The van der Waals surface area contributed by atoms with Crippen LogP contribution >= 0.6 is 22.7 Å². The second-order valence-corrected chi connectivity index (χ2v) is 11.5. The van der Waals surface area contributed by atoms with E-state index in [2.05, 4.69) is 108 Å². The monoisotopic (exact) mass is 479 g/mol. The highest BCUT2D eigenvalue weighted by atomic mass is 32.1. The molecule has 0 atom stereocenters. The van der Waals surface area contributed by atoms with E-state index >= 15 is 0 Å². The van der Waals surface area contributed by atoms with Gasteiger partial charge in [-0.15, -0.1) is 22.7 Å². The molecule has 3 heteroatoms. The minimum Gasteiger partial charge on any atom is -0.315 e. The van der Waals surface area contributed by atoms with Gasteiger partial charge in [0.25, 0.3) is 0 Å². The summed E-state index contributed by atoms with van der Waals surface area (Å²) in [6, 6.07) is 36.0. The Balaban J connectivity index is 1.66. The Kier molecular flexibility index (Phi) is 3.36. The molecule has 0 bridgehead atoms. The summed E-state index contributed by atoms with van der Waals surface area (Å²) in [5, 5.41) is 12.1. The zero-order chi connectivity index (χ0) is 22.7. The van der Waals surface area contributed by atoms with Gasteiger partial charge in [-0.3, -0.25) is 0 Å². The highest BCUT2D eigenvalue weighted by molar-refractivity contribution is 7.26. The first kappa shape index (κ1) is 18.4. The predicted octanol–water partition coefficient (Wildman–Crippen LogP) is 10.1. The number of pyridine rings is 1. The van der Waals surface area contributed by atoms with Crippen molar-refractivity contribution in [2.75, 3.05) is 0 Å². The molecule has 162 valence electrons. The van der Waals surface area contributed by atoms with Crippen LogP contribution in [0.4, 0.5) is 0 Å². The van der Waals surface area contributed by atoms with Crippen LogP contribution in [0, 0.1) is 0 Å². The predicted molar refractivity (Wildman–Crippen MR) is 156 cm³/mol. The van der Waals surface area contributed by atoms with Crippen LogP contribution < -0.4 is 0 Å². The molecule has 9 aromatic rings. The molecule has 0 aliphatic rings. The largest absolute Gasteiger partial charge is 0.315 e. The fraction of sp³-hybridized carbons (Fsp3) is 0. The van der Waals surface area contributed by atoms with E-state index in [4.69, 9.17) is 0 Å². The summed E-state index contributed by atoms with van der Waals surface area (Å²) in [4.78, 5) is 0. The van der Waals surface area contributed by atoms with E-state index in [0.717, 1.165) is 0 Å². The van der Waals surface area contributed by atoms with Gasteiger partial charge >= 0.3 is 0 Å². The topological polar surface area (TPSA) is 4.41 Å². The van der Waals surface area contributed by atoms with Crippen molar-refractivity contribution in [2.45, 2.75) is 0 Å². The van der Waals surface area contributed by atoms with Gasteiger partial charge in [-0.2, -0.15) is 0 Å². The van der Waals surface area contributed by atoms with Crippen molar-refractivity contribution in [3.63, 3.8) is 0 Å². The molecule has 0 aliphatic heterocycles. The lowest BCUT2D eigenvalue weighted by Crippen LogP contribution is -1.90. The van der Waals surface area contributed by atoms with E-state index in [1.54, 1.807) is 0 Å². The first-order valence-corrected chi connectivity index (χ1v) is 13.5. The van der Waals surface area contributed by atoms with Crippen LogP contribution in [-0.2, 0) is 0 Å². The molecule has 0 amide bonds. The van der Waals surface area contributed by atoms with E-state index in [1.807, 2.05) is 22.7 Å². The van der Waals surface area contributed by atoms with Gasteiger partial charge in [0.1, 0.15) is 0 Å².